The third-order valence-corrected chi connectivity index (χ3v) is 3.79. The van der Waals surface area contributed by atoms with Crippen LogP contribution in [0.3, 0.4) is 0 Å². The van der Waals surface area contributed by atoms with E-state index >= 15 is 0 Å². The van der Waals surface area contributed by atoms with Gasteiger partial charge in [-0.25, -0.2) is 4.57 Å². The van der Waals surface area contributed by atoms with Gasteiger partial charge in [0, 0.05) is 13.0 Å². The Morgan fingerprint density at radius 3 is 2.19 bits per heavy atom. The molecular weight excluding hydrogens is 301 g/mol. The highest BCUT2D eigenvalue weighted by atomic mass is 31.2. The number of hydrogen-bond acceptors (Lipinski definition) is 4. The standard InChI is InChI=1S/C12H14NO7P/c1-13-11(14)9-8(10(9)12(15)16)6-2-4-7(5-3-6)20-21(17,18)19/h2-5,8-10H,1H3,(H,13,14)(H,15,16)(H2,17,18,19). The van der Waals surface area contributed by atoms with E-state index in [1.807, 2.05) is 0 Å². The number of carbonyl (C=O) groups excluding carboxylic acids is 1. The van der Waals surface area contributed by atoms with Gasteiger partial charge in [-0.1, -0.05) is 12.1 Å². The first kappa shape index (κ1) is 15.5. The fourth-order valence-corrected chi connectivity index (χ4v) is 2.81. The highest BCUT2D eigenvalue weighted by Crippen LogP contribution is 2.54. The van der Waals surface area contributed by atoms with Gasteiger partial charge < -0.3 is 14.9 Å². The summed E-state index contributed by atoms with van der Waals surface area (Å²) in [5, 5.41) is 11.5. The molecule has 1 aromatic rings. The SMILES string of the molecule is CNC(=O)C1C(C(=O)O)C1c1ccc(OP(=O)(O)O)cc1. The first-order valence-corrected chi connectivity index (χ1v) is 7.57. The van der Waals surface area contributed by atoms with Crippen molar-refractivity contribution in [1.82, 2.24) is 5.32 Å². The van der Waals surface area contributed by atoms with Gasteiger partial charge in [0.25, 0.3) is 0 Å². The van der Waals surface area contributed by atoms with Crippen LogP contribution < -0.4 is 9.84 Å². The van der Waals surface area contributed by atoms with Crippen LogP contribution in [0.4, 0.5) is 0 Å². The zero-order chi connectivity index (χ0) is 15.8. The molecule has 0 heterocycles. The lowest BCUT2D eigenvalue weighted by Gasteiger charge is -2.07. The number of nitrogens with one attached hydrogen (secondary N) is 1. The fourth-order valence-electron chi connectivity index (χ4n) is 2.41. The number of carboxylic acids is 1. The number of phosphoric acid groups is 1. The maximum atomic E-state index is 11.6. The van der Waals surface area contributed by atoms with Gasteiger partial charge in [-0.2, -0.15) is 0 Å². The summed E-state index contributed by atoms with van der Waals surface area (Å²) in [7, 11) is -3.19. The number of rotatable bonds is 5. The summed E-state index contributed by atoms with van der Waals surface area (Å²) in [5.41, 5.74) is 0.606. The molecule has 1 fully saturated rings. The van der Waals surface area contributed by atoms with Gasteiger partial charge in [-0.3, -0.25) is 19.4 Å². The van der Waals surface area contributed by atoms with Crippen molar-refractivity contribution in [2.24, 2.45) is 11.8 Å². The van der Waals surface area contributed by atoms with Crippen LogP contribution in [0, 0.1) is 11.8 Å². The monoisotopic (exact) mass is 315 g/mol. The summed E-state index contributed by atoms with van der Waals surface area (Å²) in [6.45, 7) is 0. The van der Waals surface area contributed by atoms with E-state index < -0.39 is 31.5 Å². The Kier molecular flexibility index (Phi) is 4.04. The lowest BCUT2D eigenvalue weighted by Crippen LogP contribution is -2.22. The van der Waals surface area contributed by atoms with Crippen molar-refractivity contribution in [1.29, 1.82) is 0 Å². The summed E-state index contributed by atoms with van der Waals surface area (Å²) in [5.74, 6) is -3.31. The van der Waals surface area contributed by atoms with E-state index in [4.69, 9.17) is 14.9 Å². The number of benzene rings is 1. The zero-order valence-corrected chi connectivity index (χ0v) is 11.9. The Bertz CT molecular complexity index is 609. The molecule has 3 atom stereocenters. The summed E-state index contributed by atoms with van der Waals surface area (Å²) in [4.78, 5) is 40.1. The largest absolute Gasteiger partial charge is 0.524 e. The first-order chi connectivity index (χ1) is 9.74. The van der Waals surface area contributed by atoms with Crippen molar-refractivity contribution < 1.29 is 33.6 Å². The average Bonchev–Trinajstić information content (AvgIpc) is 3.12. The van der Waals surface area contributed by atoms with E-state index in [0.29, 0.717) is 5.56 Å². The predicted octanol–water partition coefficient (Wildman–Crippen LogP) is 0.318. The van der Waals surface area contributed by atoms with Crippen LogP contribution in [0.5, 0.6) is 5.75 Å². The van der Waals surface area contributed by atoms with Crippen molar-refractivity contribution >= 4 is 19.7 Å². The van der Waals surface area contributed by atoms with Crippen molar-refractivity contribution in [2.45, 2.75) is 5.92 Å². The number of carboxylic acid groups (broad SMARTS) is 1. The molecule has 0 aromatic heterocycles. The maximum Gasteiger partial charge on any atom is 0.524 e. The van der Waals surface area contributed by atoms with Gasteiger partial charge in [-0.05, 0) is 17.7 Å². The Balaban J connectivity index is 2.17. The van der Waals surface area contributed by atoms with Crippen LogP contribution >= 0.6 is 7.82 Å². The molecule has 0 saturated heterocycles. The van der Waals surface area contributed by atoms with E-state index in [-0.39, 0.29) is 11.7 Å². The Morgan fingerprint density at radius 1 is 1.19 bits per heavy atom. The number of phosphoric ester groups is 1. The minimum absolute atomic E-state index is 0.0314. The minimum Gasteiger partial charge on any atom is -0.481 e. The van der Waals surface area contributed by atoms with Gasteiger partial charge in [0.2, 0.25) is 5.91 Å². The summed E-state index contributed by atoms with van der Waals surface area (Å²) < 4.78 is 15.1. The molecule has 4 N–H and O–H groups in total. The Hall–Kier alpha value is -1.89. The molecule has 2 rings (SSSR count). The normalized spacial score (nSPS) is 24.2. The second-order valence-electron chi connectivity index (χ2n) is 4.68. The highest BCUT2D eigenvalue weighted by molar-refractivity contribution is 7.46. The van der Waals surface area contributed by atoms with Gasteiger partial charge in [0.1, 0.15) is 5.75 Å². The quantitative estimate of drug-likeness (QED) is 0.575. The van der Waals surface area contributed by atoms with E-state index in [1.165, 1.54) is 31.3 Å². The molecule has 0 radical (unpaired) electrons. The molecule has 114 valence electrons. The molecule has 0 bridgehead atoms. The van der Waals surface area contributed by atoms with Crippen molar-refractivity contribution in [3.05, 3.63) is 29.8 Å². The average molecular weight is 315 g/mol. The molecular formula is C12H14NO7P. The molecule has 1 aromatic carbocycles. The second-order valence-corrected chi connectivity index (χ2v) is 5.84. The molecule has 9 heteroatoms. The molecule has 0 aliphatic heterocycles. The van der Waals surface area contributed by atoms with Gasteiger partial charge >= 0.3 is 13.8 Å². The van der Waals surface area contributed by atoms with Crippen molar-refractivity contribution in [2.75, 3.05) is 7.05 Å². The molecule has 21 heavy (non-hydrogen) atoms. The van der Waals surface area contributed by atoms with Crippen LogP contribution in [-0.2, 0) is 14.2 Å². The molecule has 1 aliphatic rings. The highest BCUT2D eigenvalue weighted by Gasteiger charge is 2.59. The minimum atomic E-state index is -4.63. The zero-order valence-electron chi connectivity index (χ0n) is 11.0. The van der Waals surface area contributed by atoms with Crippen LogP contribution in [0.25, 0.3) is 0 Å². The van der Waals surface area contributed by atoms with Gasteiger partial charge in [0.05, 0.1) is 11.8 Å². The number of aliphatic carboxylic acids is 1. The third kappa shape index (κ3) is 3.41. The summed E-state index contributed by atoms with van der Waals surface area (Å²) in [6.07, 6.45) is 0. The predicted molar refractivity (Wildman–Crippen MR) is 70.5 cm³/mol. The van der Waals surface area contributed by atoms with Gasteiger partial charge in [0.15, 0.2) is 0 Å². The van der Waals surface area contributed by atoms with Crippen LogP contribution in [0.2, 0.25) is 0 Å². The van der Waals surface area contributed by atoms with E-state index in [2.05, 4.69) is 9.84 Å². The summed E-state index contributed by atoms with van der Waals surface area (Å²) >= 11 is 0. The fraction of sp³-hybridized carbons (Fsp3) is 0.333. The number of carbonyl (C=O) groups is 2. The second kappa shape index (κ2) is 5.48. The van der Waals surface area contributed by atoms with E-state index in [9.17, 15) is 14.2 Å². The molecule has 1 saturated carbocycles. The number of hydrogen-bond donors (Lipinski definition) is 4. The van der Waals surface area contributed by atoms with E-state index in [1.54, 1.807) is 0 Å². The first-order valence-electron chi connectivity index (χ1n) is 6.04. The summed E-state index contributed by atoms with van der Waals surface area (Å²) in [6, 6.07) is 5.64. The van der Waals surface area contributed by atoms with Crippen LogP contribution in [-0.4, -0.2) is 33.8 Å². The van der Waals surface area contributed by atoms with Crippen molar-refractivity contribution in [3.8, 4) is 5.75 Å². The molecule has 1 amide bonds. The molecule has 8 nitrogen and oxygen atoms in total. The smallest absolute Gasteiger partial charge is 0.481 e. The van der Waals surface area contributed by atoms with Crippen LogP contribution in [0.15, 0.2) is 24.3 Å². The number of amides is 1. The Morgan fingerprint density at radius 2 is 1.76 bits per heavy atom. The molecule has 0 spiro atoms. The van der Waals surface area contributed by atoms with E-state index in [0.717, 1.165) is 0 Å². The lowest BCUT2D eigenvalue weighted by molar-refractivity contribution is -0.140. The molecule has 3 unspecified atom stereocenters. The Labute approximate surface area is 120 Å². The lowest BCUT2D eigenvalue weighted by atomic mass is 10.1. The van der Waals surface area contributed by atoms with Gasteiger partial charge in [-0.15, -0.1) is 0 Å². The van der Waals surface area contributed by atoms with Crippen LogP contribution in [0.1, 0.15) is 11.5 Å². The third-order valence-electron chi connectivity index (χ3n) is 3.34. The topological polar surface area (TPSA) is 133 Å². The van der Waals surface area contributed by atoms with Crippen molar-refractivity contribution in [3.63, 3.8) is 0 Å². The maximum absolute atomic E-state index is 11.6. The molecule has 1 aliphatic carbocycles.